The van der Waals surface area contributed by atoms with Crippen molar-refractivity contribution in [2.24, 2.45) is 5.92 Å². The number of benzene rings is 1. The van der Waals surface area contributed by atoms with E-state index in [0.717, 1.165) is 23.8 Å². The summed E-state index contributed by atoms with van der Waals surface area (Å²) in [6, 6.07) is 7.18. The largest absolute Gasteiger partial charge is 0.493 e. The van der Waals surface area contributed by atoms with Gasteiger partial charge in [0.25, 0.3) is 0 Å². The molecule has 0 spiro atoms. The van der Waals surface area contributed by atoms with Gasteiger partial charge in [-0.05, 0) is 49.8 Å². The van der Waals surface area contributed by atoms with Gasteiger partial charge in [-0.1, -0.05) is 19.4 Å². The third-order valence-corrected chi connectivity index (χ3v) is 4.54. The highest BCUT2D eigenvalue weighted by molar-refractivity contribution is 5.43. The van der Waals surface area contributed by atoms with Gasteiger partial charge in [-0.15, -0.1) is 0 Å². The molecule has 2 rings (SSSR count). The molecule has 20 heavy (non-hydrogen) atoms. The van der Waals surface area contributed by atoms with Gasteiger partial charge in [-0.25, -0.2) is 0 Å². The summed E-state index contributed by atoms with van der Waals surface area (Å²) in [5.74, 6) is 2.45. The van der Waals surface area contributed by atoms with Crippen molar-refractivity contribution in [3.63, 3.8) is 0 Å². The summed E-state index contributed by atoms with van der Waals surface area (Å²) >= 11 is 0. The molecule has 0 amide bonds. The van der Waals surface area contributed by atoms with Crippen LogP contribution in [-0.4, -0.2) is 20.3 Å². The van der Waals surface area contributed by atoms with E-state index in [1.807, 2.05) is 6.07 Å². The minimum atomic E-state index is 0.380. The summed E-state index contributed by atoms with van der Waals surface area (Å²) in [6.45, 7) is 4.54. The highest BCUT2D eigenvalue weighted by Gasteiger charge is 2.25. The van der Waals surface area contributed by atoms with Crippen LogP contribution in [0.25, 0.3) is 0 Å². The average Bonchev–Trinajstić information content (AvgIpc) is 2.42. The molecule has 1 aliphatic carbocycles. The highest BCUT2D eigenvalue weighted by Crippen LogP contribution is 2.33. The van der Waals surface area contributed by atoms with E-state index in [9.17, 15) is 0 Å². The Morgan fingerprint density at radius 1 is 1.20 bits per heavy atom. The zero-order chi connectivity index (χ0) is 14.5. The lowest BCUT2D eigenvalue weighted by atomic mass is 9.80. The quantitative estimate of drug-likeness (QED) is 0.819. The fraction of sp³-hybridized carbons (Fsp3) is 0.647. The predicted molar refractivity (Wildman–Crippen MR) is 82.5 cm³/mol. The molecular formula is C17H27NO2. The molecule has 1 saturated carbocycles. The Kier molecular flexibility index (Phi) is 5.30. The molecule has 0 bridgehead atoms. The lowest BCUT2D eigenvalue weighted by Gasteiger charge is -2.34. The zero-order valence-electron chi connectivity index (χ0n) is 13.1. The average molecular weight is 277 g/mol. The zero-order valence-corrected chi connectivity index (χ0v) is 13.1. The van der Waals surface area contributed by atoms with Gasteiger partial charge in [0.05, 0.1) is 14.2 Å². The van der Waals surface area contributed by atoms with Crippen molar-refractivity contribution < 1.29 is 9.47 Å². The van der Waals surface area contributed by atoms with Crippen LogP contribution in [-0.2, 0) is 0 Å². The van der Waals surface area contributed by atoms with Gasteiger partial charge in [-0.2, -0.15) is 0 Å². The summed E-state index contributed by atoms with van der Waals surface area (Å²) in [5.41, 5.74) is 1.27. The van der Waals surface area contributed by atoms with Crippen LogP contribution in [0.15, 0.2) is 18.2 Å². The standard InChI is InChI=1S/C17H27NO2/c1-5-15(18-12(2)13-7-6-8-13)14-9-10-16(19-3)17(11-14)20-4/h9-13,15,18H,5-8H2,1-4H3. The second-order valence-corrected chi connectivity index (χ2v) is 5.72. The van der Waals surface area contributed by atoms with E-state index >= 15 is 0 Å². The van der Waals surface area contributed by atoms with Crippen molar-refractivity contribution in [2.75, 3.05) is 14.2 Å². The fourth-order valence-corrected chi connectivity index (χ4v) is 2.91. The maximum absolute atomic E-state index is 5.40. The number of rotatable bonds is 7. The first-order chi connectivity index (χ1) is 9.69. The minimum Gasteiger partial charge on any atom is -0.493 e. The molecule has 1 N–H and O–H groups in total. The first kappa shape index (κ1) is 15.2. The smallest absolute Gasteiger partial charge is 0.161 e. The van der Waals surface area contributed by atoms with Crippen LogP contribution in [0.1, 0.15) is 51.1 Å². The van der Waals surface area contributed by atoms with Crippen LogP contribution in [0.3, 0.4) is 0 Å². The summed E-state index contributed by atoms with van der Waals surface area (Å²) in [7, 11) is 3.36. The first-order valence-corrected chi connectivity index (χ1v) is 7.67. The lowest BCUT2D eigenvalue weighted by molar-refractivity contribution is 0.225. The number of methoxy groups -OCH3 is 2. The second kappa shape index (κ2) is 6.98. The Morgan fingerprint density at radius 3 is 2.40 bits per heavy atom. The molecular weight excluding hydrogens is 250 g/mol. The van der Waals surface area contributed by atoms with Gasteiger partial charge in [0.2, 0.25) is 0 Å². The number of hydrogen-bond acceptors (Lipinski definition) is 3. The number of ether oxygens (including phenoxy) is 2. The summed E-state index contributed by atoms with van der Waals surface area (Å²) < 4.78 is 10.7. The molecule has 1 fully saturated rings. The van der Waals surface area contributed by atoms with Crippen molar-refractivity contribution in [1.29, 1.82) is 0 Å². The van der Waals surface area contributed by atoms with Crippen LogP contribution in [0.2, 0.25) is 0 Å². The third-order valence-electron chi connectivity index (χ3n) is 4.54. The van der Waals surface area contributed by atoms with Crippen molar-refractivity contribution in [2.45, 2.75) is 51.6 Å². The van der Waals surface area contributed by atoms with E-state index in [-0.39, 0.29) is 0 Å². The van der Waals surface area contributed by atoms with E-state index in [1.165, 1.54) is 24.8 Å². The molecule has 3 heteroatoms. The number of hydrogen-bond donors (Lipinski definition) is 1. The molecule has 1 aromatic carbocycles. The maximum Gasteiger partial charge on any atom is 0.161 e. The van der Waals surface area contributed by atoms with Crippen LogP contribution in [0.5, 0.6) is 11.5 Å². The Labute approximate surface area is 122 Å². The molecule has 2 atom stereocenters. The SMILES string of the molecule is CCC(NC(C)C1CCC1)c1ccc(OC)c(OC)c1. The molecule has 0 aliphatic heterocycles. The van der Waals surface area contributed by atoms with E-state index in [4.69, 9.17) is 9.47 Å². The summed E-state index contributed by atoms with van der Waals surface area (Å²) in [4.78, 5) is 0. The van der Waals surface area contributed by atoms with Crippen molar-refractivity contribution >= 4 is 0 Å². The van der Waals surface area contributed by atoms with Crippen molar-refractivity contribution in [3.8, 4) is 11.5 Å². The minimum absolute atomic E-state index is 0.380. The first-order valence-electron chi connectivity index (χ1n) is 7.67. The molecule has 3 nitrogen and oxygen atoms in total. The van der Waals surface area contributed by atoms with Crippen LogP contribution in [0.4, 0.5) is 0 Å². The van der Waals surface area contributed by atoms with E-state index in [2.05, 4.69) is 31.3 Å². The monoisotopic (exact) mass is 277 g/mol. The number of nitrogens with one attached hydrogen (secondary N) is 1. The van der Waals surface area contributed by atoms with Crippen LogP contribution >= 0.6 is 0 Å². The Balaban J connectivity index is 2.09. The molecule has 112 valence electrons. The van der Waals surface area contributed by atoms with Gasteiger partial charge < -0.3 is 14.8 Å². The normalized spacial score (nSPS) is 18.2. The predicted octanol–water partition coefficient (Wildman–Crippen LogP) is 3.93. The molecule has 0 aromatic heterocycles. The van der Waals surface area contributed by atoms with Crippen molar-refractivity contribution in [1.82, 2.24) is 5.32 Å². The van der Waals surface area contributed by atoms with Gasteiger partial charge in [0, 0.05) is 12.1 Å². The van der Waals surface area contributed by atoms with E-state index in [1.54, 1.807) is 14.2 Å². The highest BCUT2D eigenvalue weighted by atomic mass is 16.5. The Bertz CT molecular complexity index is 429. The molecule has 0 radical (unpaired) electrons. The van der Waals surface area contributed by atoms with Gasteiger partial charge >= 0.3 is 0 Å². The molecule has 0 saturated heterocycles. The van der Waals surface area contributed by atoms with E-state index < -0.39 is 0 Å². The van der Waals surface area contributed by atoms with Crippen molar-refractivity contribution in [3.05, 3.63) is 23.8 Å². The lowest BCUT2D eigenvalue weighted by Crippen LogP contribution is -2.39. The third kappa shape index (κ3) is 3.26. The molecule has 2 unspecified atom stereocenters. The molecule has 1 aliphatic rings. The van der Waals surface area contributed by atoms with Gasteiger partial charge in [0.15, 0.2) is 11.5 Å². The second-order valence-electron chi connectivity index (χ2n) is 5.72. The van der Waals surface area contributed by atoms with E-state index in [0.29, 0.717) is 12.1 Å². The van der Waals surface area contributed by atoms with Crippen LogP contribution in [0, 0.1) is 5.92 Å². The summed E-state index contributed by atoms with van der Waals surface area (Å²) in [6.07, 6.45) is 5.21. The topological polar surface area (TPSA) is 30.5 Å². The maximum atomic E-state index is 5.40. The molecule has 1 aromatic rings. The fourth-order valence-electron chi connectivity index (χ4n) is 2.91. The van der Waals surface area contributed by atoms with Gasteiger partial charge in [-0.3, -0.25) is 0 Å². The van der Waals surface area contributed by atoms with Gasteiger partial charge in [0.1, 0.15) is 0 Å². The van der Waals surface area contributed by atoms with Crippen LogP contribution < -0.4 is 14.8 Å². The Morgan fingerprint density at radius 2 is 1.90 bits per heavy atom. The summed E-state index contributed by atoms with van der Waals surface area (Å²) in [5, 5.41) is 3.78. The molecule has 0 heterocycles. The Hall–Kier alpha value is -1.22.